The number of carbonyl (C=O) groups is 4. The second kappa shape index (κ2) is 12.3. The summed E-state index contributed by atoms with van der Waals surface area (Å²) in [6.07, 6.45) is 0.259. The van der Waals surface area contributed by atoms with E-state index in [4.69, 9.17) is 0 Å². The lowest BCUT2D eigenvalue weighted by Gasteiger charge is -2.26. The Hall–Kier alpha value is -2.12. The fourth-order valence-electron chi connectivity index (χ4n) is 2.10. The minimum absolute atomic E-state index is 0.0430. The Kier molecular flexibility index (Phi) is 11.2. The minimum Gasteiger partial charge on any atom is -0.469 e. The van der Waals surface area contributed by atoms with Crippen LogP contribution in [-0.4, -0.2) is 74.0 Å². The molecule has 0 atom stereocenters. The lowest BCUT2D eigenvalue weighted by molar-refractivity contribution is -0.144. The number of ether oxygens (including phenoxy) is 2. The summed E-state index contributed by atoms with van der Waals surface area (Å²) in [5.41, 5.74) is 0. The minimum atomic E-state index is -0.424. The number of hydrogen-bond acceptors (Lipinski definition) is 6. The zero-order chi connectivity index (χ0) is 18.5. The van der Waals surface area contributed by atoms with E-state index in [0.29, 0.717) is 26.2 Å². The van der Waals surface area contributed by atoms with Crippen molar-refractivity contribution in [1.82, 2.24) is 9.80 Å². The van der Waals surface area contributed by atoms with Crippen LogP contribution in [-0.2, 0) is 28.7 Å². The molecule has 0 unspecified atom stereocenters. The molecule has 0 heterocycles. The molecule has 0 bridgehead atoms. The van der Waals surface area contributed by atoms with Crippen LogP contribution >= 0.6 is 0 Å². The number of methoxy groups -OCH3 is 2. The standard InChI is InChI=1S/C16H28N2O6/c1-5-17(13(19)7-9-15(21)23-3)11-12-18(6-2)14(20)8-10-16(22)24-4/h5-12H2,1-4H3. The van der Waals surface area contributed by atoms with Crippen LogP contribution in [0.5, 0.6) is 0 Å². The van der Waals surface area contributed by atoms with E-state index in [9.17, 15) is 19.2 Å². The van der Waals surface area contributed by atoms with Crippen molar-refractivity contribution in [2.75, 3.05) is 40.4 Å². The van der Waals surface area contributed by atoms with Gasteiger partial charge in [-0.05, 0) is 13.8 Å². The topological polar surface area (TPSA) is 93.2 Å². The molecule has 0 aromatic carbocycles. The van der Waals surface area contributed by atoms with Crippen LogP contribution in [0.3, 0.4) is 0 Å². The fourth-order valence-corrected chi connectivity index (χ4v) is 2.10. The van der Waals surface area contributed by atoms with Gasteiger partial charge in [-0.15, -0.1) is 0 Å². The van der Waals surface area contributed by atoms with Gasteiger partial charge in [0.25, 0.3) is 0 Å². The number of amides is 2. The van der Waals surface area contributed by atoms with Crippen molar-refractivity contribution in [1.29, 1.82) is 0 Å². The number of nitrogens with zero attached hydrogens (tertiary/aromatic N) is 2. The summed E-state index contributed by atoms with van der Waals surface area (Å²) in [6, 6.07) is 0. The van der Waals surface area contributed by atoms with Gasteiger partial charge >= 0.3 is 11.9 Å². The van der Waals surface area contributed by atoms with E-state index in [-0.39, 0.29) is 37.5 Å². The molecule has 0 fully saturated rings. The van der Waals surface area contributed by atoms with Gasteiger partial charge in [-0.1, -0.05) is 0 Å². The second-order valence-corrected chi connectivity index (χ2v) is 5.10. The first-order valence-electron chi connectivity index (χ1n) is 8.08. The largest absolute Gasteiger partial charge is 0.469 e. The van der Waals surface area contributed by atoms with Gasteiger partial charge in [0.15, 0.2) is 0 Å². The van der Waals surface area contributed by atoms with Gasteiger partial charge in [-0.2, -0.15) is 0 Å². The molecule has 138 valence electrons. The van der Waals surface area contributed by atoms with Crippen molar-refractivity contribution < 1.29 is 28.7 Å². The smallest absolute Gasteiger partial charge is 0.306 e. The number of hydrogen-bond donors (Lipinski definition) is 0. The molecular formula is C16H28N2O6. The van der Waals surface area contributed by atoms with Gasteiger partial charge in [0.05, 0.1) is 27.1 Å². The van der Waals surface area contributed by atoms with Crippen LogP contribution in [0, 0.1) is 0 Å². The molecule has 8 heteroatoms. The van der Waals surface area contributed by atoms with Crippen LogP contribution < -0.4 is 0 Å². The first-order valence-corrected chi connectivity index (χ1v) is 8.08. The van der Waals surface area contributed by atoms with Gasteiger partial charge in [-0.25, -0.2) is 0 Å². The number of esters is 2. The molecule has 0 aliphatic carbocycles. The van der Waals surface area contributed by atoms with E-state index < -0.39 is 11.9 Å². The molecule has 0 aromatic rings. The SMILES string of the molecule is CCN(CCN(CC)C(=O)CCC(=O)OC)C(=O)CCC(=O)OC. The predicted molar refractivity (Wildman–Crippen MR) is 87.0 cm³/mol. The monoisotopic (exact) mass is 344 g/mol. The summed E-state index contributed by atoms with van der Waals surface area (Å²) in [5, 5.41) is 0. The summed E-state index contributed by atoms with van der Waals surface area (Å²) in [7, 11) is 2.56. The molecule has 0 saturated carbocycles. The van der Waals surface area contributed by atoms with E-state index in [0.717, 1.165) is 0 Å². The average Bonchev–Trinajstić information content (AvgIpc) is 2.60. The van der Waals surface area contributed by atoms with Crippen LogP contribution in [0.15, 0.2) is 0 Å². The maximum absolute atomic E-state index is 12.1. The van der Waals surface area contributed by atoms with Crippen molar-refractivity contribution >= 4 is 23.8 Å². The molecule has 24 heavy (non-hydrogen) atoms. The van der Waals surface area contributed by atoms with Crippen LogP contribution in [0.25, 0.3) is 0 Å². The zero-order valence-electron chi connectivity index (χ0n) is 15.0. The van der Waals surface area contributed by atoms with Crippen LogP contribution in [0.1, 0.15) is 39.5 Å². The zero-order valence-corrected chi connectivity index (χ0v) is 15.0. The third-order valence-electron chi connectivity index (χ3n) is 3.65. The predicted octanol–water partition coefficient (Wildman–Crippen LogP) is 0.590. The maximum atomic E-state index is 12.1. The van der Waals surface area contributed by atoms with E-state index in [1.54, 1.807) is 9.80 Å². The molecule has 0 rings (SSSR count). The third kappa shape index (κ3) is 8.50. The highest BCUT2D eigenvalue weighted by molar-refractivity contribution is 5.82. The van der Waals surface area contributed by atoms with Crippen molar-refractivity contribution in [3.05, 3.63) is 0 Å². The Morgan fingerprint density at radius 3 is 1.25 bits per heavy atom. The third-order valence-corrected chi connectivity index (χ3v) is 3.65. The molecule has 0 aliphatic heterocycles. The van der Waals surface area contributed by atoms with E-state index in [1.165, 1.54) is 14.2 Å². The fraction of sp³-hybridized carbons (Fsp3) is 0.750. The summed E-state index contributed by atoms with van der Waals surface area (Å²) < 4.78 is 9.03. The molecule has 0 aromatic heterocycles. The Morgan fingerprint density at radius 2 is 1.00 bits per heavy atom. The molecule has 0 spiro atoms. The molecule has 0 saturated heterocycles. The normalized spacial score (nSPS) is 10.0. The number of likely N-dealkylation sites (N-methyl/N-ethyl adjacent to an activating group) is 2. The Bertz CT molecular complexity index is 398. The summed E-state index contributed by atoms with van der Waals surface area (Å²) in [6.45, 7) is 5.43. The average molecular weight is 344 g/mol. The van der Waals surface area contributed by atoms with Crippen molar-refractivity contribution in [3.8, 4) is 0 Å². The second-order valence-electron chi connectivity index (χ2n) is 5.10. The highest BCUT2D eigenvalue weighted by Gasteiger charge is 2.18. The molecular weight excluding hydrogens is 316 g/mol. The van der Waals surface area contributed by atoms with E-state index in [2.05, 4.69) is 9.47 Å². The summed E-state index contributed by atoms with van der Waals surface area (Å²) in [5.74, 6) is -1.15. The summed E-state index contributed by atoms with van der Waals surface area (Å²) >= 11 is 0. The van der Waals surface area contributed by atoms with E-state index in [1.807, 2.05) is 13.8 Å². The highest BCUT2D eigenvalue weighted by atomic mass is 16.5. The highest BCUT2D eigenvalue weighted by Crippen LogP contribution is 2.03. The van der Waals surface area contributed by atoms with Crippen molar-refractivity contribution in [3.63, 3.8) is 0 Å². The number of carbonyl (C=O) groups excluding carboxylic acids is 4. The van der Waals surface area contributed by atoms with Gasteiger partial charge < -0.3 is 19.3 Å². The van der Waals surface area contributed by atoms with Crippen molar-refractivity contribution in [2.45, 2.75) is 39.5 Å². The summed E-state index contributed by atoms with van der Waals surface area (Å²) in [4.78, 5) is 49.5. The Labute approximate surface area is 143 Å². The maximum Gasteiger partial charge on any atom is 0.306 e. The molecule has 0 N–H and O–H groups in total. The molecule has 0 radical (unpaired) electrons. The lowest BCUT2D eigenvalue weighted by atomic mass is 10.2. The van der Waals surface area contributed by atoms with Crippen molar-refractivity contribution in [2.24, 2.45) is 0 Å². The van der Waals surface area contributed by atoms with Gasteiger partial charge in [0.2, 0.25) is 11.8 Å². The first-order chi connectivity index (χ1) is 11.4. The Morgan fingerprint density at radius 1 is 0.667 bits per heavy atom. The molecule has 0 aliphatic rings. The van der Waals surface area contributed by atoms with Gasteiger partial charge in [-0.3, -0.25) is 19.2 Å². The van der Waals surface area contributed by atoms with Gasteiger partial charge in [0.1, 0.15) is 0 Å². The number of rotatable bonds is 11. The van der Waals surface area contributed by atoms with Crippen LogP contribution in [0.2, 0.25) is 0 Å². The Balaban J connectivity index is 4.40. The molecule has 8 nitrogen and oxygen atoms in total. The van der Waals surface area contributed by atoms with E-state index >= 15 is 0 Å². The molecule has 2 amide bonds. The van der Waals surface area contributed by atoms with Crippen LogP contribution in [0.4, 0.5) is 0 Å². The first kappa shape index (κ1) is 21.9. The quantitative estimate of drug-likeness (QED) is 0.509. The lowest BCUT2D eigenvalue weighted by Crippen LogP contribution is -2.41. The van der Waals surface area contributed by atoms with Gasteiger partial charge in [0, 0.05) is 39.0 Å².